The Morgan fingerprint density at radius 1 is 1.10 bits per heavy atom. The van der Waals surface area contributed by atoms with Crippen molar-refractivity contribution in [2.45, 2.75) is 11.8 Å². The van der Waals surface area contributed by atoms with Gasteiger partial charge in [-0.15, -0.1) is 0 Å². The van der Waals surface area contributed by atoms with Gasteiger partial charge in [-0.3, -0.25) is 14.8 Å². The van der Waals surface area contributed by atoms with Crippen LogP contribution >= 0.6 is 0 Å². The number of hydrogen-bond acceptors (Lipinski definition) is 4. The molecule has 0 unspecified atom stereocenters. The van der Waals surface area contributed by atoms with Crippen LogP contribution in [0.2, 0.25) is 0 Å². The largest absolute Gasteiger partial charge is 0.279 e. The van der Waals surface area contributed by atoms with E-state index in [-0.39, 0.29) is 10.6 Å². The molecule has 104 valence electrons. The molecule has 0 aliphatic carbocycles. The fraction of sp³-hybridized carbons (Fsp3) is 0.0769. The highest BCUT2D eigenvalue weighted by Gasteiger charge is 2.18. The third-order valence-electron chi connectivity index (χ3n) is 2.73. The topological polar surface area (TPSA) is 89.3 Å². The van der Waals surface area contributed by atoms with Crippen LogP contribution in [0.15, 0.2) is 53.4 Å². The number of nitrogens with one attached hydrogen (secondary N) is 1. The Kier molecular flexibility index (Phi) is 3.71. The Bertz CT molecular complexity index is 756. The maximum atomic E-state index is 12.2. The fourth-order valence-corrected chi connectivity index (χ4v) is 2.83. The van der Waals surface area contributed by atoms with E-state index in [2.05, 4.69) is 4.72 Å². The summed E-state index contributed by atoms with van der Waals surface area (Å²) in [5.41, 5.74) is 0.943. The zero-order valence-corrected chi connectivity index (χ0v) is 11.4. The second-order valence-electron chi connectivity index (χ2n) is 4.17. The van der Waals surface area contributed by atoms with E-state index in [1.54, 1.807) is 31.2 Å². The molecule has 1 N–H and O–H groups in total. The number of sulfonamides is 1. The molecule has 2 aromatic carbocycles. The number of anilines is 1. The van der Waals surface area contributed by atoms with Gasteiger partial charge in [0.2, 0.25) is 0 Å². The molecule has 0 spiro atoms. The lowest BCUT2D eigenvalue weighted by atomic mass is 10.2. The first-order chi connectivity index (χ1) is 9.40. The number of nitro groups is 1. The van der Waals surface area contributed by atoms with Gasteiger partial charge in [-0.1, -0.05) is 24.3 Å². The highest BCUT2D eigenvalue weighted by molar-refractivity contribution is 7.92. The van der Waals surface area contributed by atoms with E-state index in [0.29, 0.717) is 5.69 Å². The second-order valence-corrected chi connectivity index (χ2v) is 5.86. The molecule has 0 aliphatic heterocycles. The molecule has 7 heteroatoms. The summed E-state index contributed by atoms with van der Waals surface area (Å²) in [7, 11) is -3.85. The van der Waals surface area contributed by atoms with Gasteiger partial charge in [0.05, 0.1) is 15.5 Å². The van der Waals surface area contributed by atoms with Crippen LogP contribution in [0.5, 0.6) is 0 Å². The van der Waals surface area contributed by atoms with Crippen LogP contribution in [-0.2, 0) is 10.0 Å². The van der Waals surface area contributed by atoms with Crippen LogP contribution in [0, 0.1) is 17.0 Å². The number of hydrogen-bond donors (Lipinski definition) is 1. The van der Waals surface area contributed by atoms with Gasteiger partial charge in [0, 0.05) is 12.1 Å². The van der Waals surface area contributed by atoms with Gasteiger partial charge in [0.15, 0.2) is 0 Å². The average Bonchev–Trinajstić information content (AvgIpc) is 2.41. The number of nitrogens with zero attached hydrogens (tertiary/aromatic N) is 1. The first kappa shape index (κ1) is 14.0. The first-order valence-corrected chi connectivity index (χ1v) is 7.21. The summed E-state index contributed by atoms with van der Waals surface area (Å²) in [6.07, 6.45) is 0. The summed E-state index contributed by atoms with van der Waals surface area (Å²) >= 11 is 0. The van der Waals surface area contributed by atoms with Gasteiger partial charge in [0.1, 0.15) is 0 Å². The summed E-state index contributed by atoms with van der Waals surface area (Å²) < 4.78 is 26.8. The molecule has 0 saturated carbocycles. The SMILES string of the molecule is Cc1ccccc1NS(=O)(=O)c1cccc([N+](=O)[O-])c1. The van der Waals surface area contributed by atoms with Crippen LogP contribution < -0.4 is 4.72 Å². The van der Waals surface area contributed by atoms with E-state index in [4.69, 9.17) is 0 Å². The Hall–Kier alpha value is -2.41. The Morgan fingerprint density at radius 3 is 2.45 bits per heavy atom. The zero-order chi connectivity index (χ0) is 14.8. The maximum Gasteiger partial charge on any atom is 0.270 e. The van der Waals surface area contributed by atoms with Crippen molar-refractivity contribution in [3.05, 3.63) is 64.2 Å². The molecular formula is C13H12N2O4S. The van der Waals surface area contributed by atoms with E-state index in [9.17, 15) is 18.5 Å². The predicted octanol–water partition coefficient (Wildman–Crippen LogP) is 2.70. The van der Waals surface area contributed by atoms with Crippen LogP contribution in [0.3, 0.4) is 0 Å². The van der Waals surface area contributed by atoms with Gasteiger partial charge in [-0.25, -0.2) is 8.42 Å². The van der Waals surface area contributed by atoms with Crippen molar-refractivity contribution in [1.29, 1.82) is 0 Å². The molecule has 2 aromatic rings. The van der Waals surface area contributed by atoms with Crippen molar-refractivity contribution in [2.24, 2.45) is 0 Å². The van der Waals surface area contributed by atoms with E-state index in [0.717, 1.165) is 11.6 Å². The molecule has 2 rings (SSSR count). The number of benzene rings is 2. The Labute approximate surface area is 116 Å². The molecule has 0 atom stereocenters. The molecule has 0 bridgehead atoms. The molecule has 20 heavy (non-hydrogen) atoms. The lowest BCUT2D eigenvalue weighted by Gasteiger charge is -2.10. The van der Waals surface area contributed by atoms with Crippen molar-refractivity contribution in [2.75, 3.05) is 4.72 Å². The van der Waals surface area contributed by atoms with E-state index in [1.165, 1.54) is 18.2 Å². The first-order valence-electron chi connectivity index (χ1n) is 5.73. The maximum absolute atomic E-state index is 12.2. The summed E-state index contributed by atoms with van der Waals surface area (Å²) in [6.45, 7) is 1.77. The zero-order valence-electron chi connectivity index (χ0n) is 10.6. The van der Waals surface area contributed by atoms with Crippen LogP contribution in [0.1, 0.15) is 5.56 Å². The molecular weight excluding hydrogens is 280 g/mol. The van der Waals surface area contributed by atoms with Crippen molar-refractivity contribution < 1.29 is 13.3 Å². The minimum atomic E-state index is -3.85. The van der Waals surface area contributed by atoms with Crippen molar-refractivity contribution >= 4 is 21.4 Å². The van der Waals surface area contributed by atoms with Crippen LogP contribution in [0.25, 0.3) is 0 Å². The van der Waals surface area contributed by atoms with E-state index in [1.807, 2.05) is 0 Å². The van der Waals surface area contributed by atoms with Gasteiger partial charge in [-0.05, 0) is 24.6 Å². The van der Waals surface area contributed by atoms with Gasteiger partial charge >= 0.3 is 0 Å². The number of nitro benzene ring substituents is 1. The molecule has 6 nitrogen and oxygen atoms in total. The summed E-state index contributed by atoms with van der Waals surface area (Å²) in [5.74, 6) is 0. The summed E-state index contributed by atoms with van der Waals surface area (Å²) in [6, 6.07) is 11.8. The van der Waals surface area contributed by atoms with Gasteiger partial charge < -0.3 is 0 Å². The number of non-ortho nitro benzene ring substituents is 1. The molecule has 0 fully saturated rings. The minimum absolute atomic E-state index is 0.144. The highest BCUT2D eigenvalue weighted by Crippen LogP contribution is 2.22. The number of para-hydroxylation sites is 1. The summed E-state index contributed by atoms with van der Waals surface area (Å²) in [4.78, 5) is 9.91. The monoisotopic (exact) mass is 292 g/mol. The Balaban J connectivity index is 2.38. The molecule has 0 radical (unpaired) electrons. The fourth-order valence-electron chi connectivity index (χ4n) is 1.66. The van der Waals surface area contributed by atoms with Crippen molar-refractivity contribution in [3.63, 3.8) is 0 Å². The highest BCUT2D eigenvalue weighted by atomic mass is 32.2. The van der Waals surface area contributed by atoms with E-state index < -0.39 is 14.9 Å². The minimum Gasteiger partial charge on any atom is -0.279 e. The van der Waals surface area contributed by atoms with Gasteiger partial charge in [0.25, 0.3) is 15.7 Å². The predicted molar refractivity (Wildman–Crippen MR) is 75.1 cm³/mol. The smallest absolute Gasteiger partial charge is 0.270 e. The molecule has 0 aliphatic rings. The van der Waals surface area contributed by atoms with E-state index >= 15 is 0 Å². The normalized spacial score (nSPS) is 11.1. The third kappa shape index (κ3) is 2.94. The third-order valence-corrected chi connectivity index (χ3v) is 4.09. The van der Waals surface area contributed by atoms with Crippen LogP contribution in [-0.4, -0.2) is 13.3 Å². The summed E-state index contributed by atoms with van der Waals surface area (Å²) in [5, 5.41) is 10.7. The second kappa shape index (κ2) is 5.30. The van der Waals surface area contributed by atoms with Crippen LogP contribution in [0.4, 0.5) is 11.4 Å². The quantitative estimate of drug-likeness (QED) is 0.693. The van der Waals surface area contributed by atoms with Crippen molar-refractivity contribution in [1.82, 2.24) is 0 Å². The average molecular weight is 292 g/mol. The number of rotatable bonds is 4. The van der Waals surface area contributed by atoms with Gasteiger partial charge in [-0.2, -0.15) is 0 Å². The lowest BCUT2D eigenvalue weighted by Crippen LogP contribution is -2.13. The standard InChI is InChI=1S/C13H12N2O4S/c1-10-5-2-3-8-13(10)14-20(18,19)12-7-4-6-11(9-12)15(16)17/h2-9,14H,1H3. The van der Waals surface area contributed by atoms with Crippen molar-refractivity contribution in [3.8, 4) is 0 Å². The molecule has 0 amide bonds. The molecule has 0 aromatic heterocycles. The Morgan fingerprint density at radius 2 is 1.80 bits per heavy atom. The molecule has 0 heterocycles. The lowest BCUT2D eigenvalue weighted by molar-refractivity contribution is -0.385. The number of aryl methyl sites for hydroxylation is 1. The molecule has 0 saturated heterocycles.